The summed E-state index contributed by atoms with van der Waals surface area (Å²) in [7, 11) is 0. The average Bonchev–Trinajstić information content (AvgIpc) is 2.78. The second-order valence-electron chi connectivity index (χ2n) is 8.09. The van der Waals surface area contributed by atoms with Gasteiger partial charge < -0.3 is 0 Å². The number of nitrogens with zero attached hydrogens (tertiary/aromatic N) is 1. The van der Waals surface area contributed by atoms with E-state index in [1.54, 1.807) is 5.57 Å². The van der Waals surface area contributed by atoms with Gasteiger partial charge in [0.15, 0.2) is 0 Å². The molecule has 2 heteroatoms. The summed E-state index contributed by atoms with van der Waals surface area (Å²) in [6.45, 7) is 2.11. The number of allylic oxidation sites excluding steroid dienone is 4. The van der Waals surface area contributed by atoms with Crippen molar-refractivity contribution in [1.82, 2.24) is 4.98 Å². The van der Waals surface area contributed by atoms with Crippen LogP contribution in [0.2, 0.25) is 5.02 Å². The van der Waals surface area contributed by atoms with Crippen LogP contribution in [-0.2, 0) is 6.42 Å². The molecule has 0 saturated carbocycles. The Morgan fingerprint density at radius 2 is 1.73 bits per heavy atom. The molecule has 1 heterocycles. The number of rotatable bonds is 0. The van der Waals surface area contributed by atoms with Crippen molar-refractivity contribution in [1.29, 1.82) is 0 Å². The molecule has 1 nitrogen and oxygen atoms in total. The molecular formula is C28H24ClN. The van der Waals surface area contributed by atoms with Gasteiger partial charge in [-0.1, -0.05) is 71.8 Å². The molecule has 0 atom stereocenters. The van der Waals surface area contributed by atoms with Gasteiger partial charge in [-0.3, -0.25) is 4.98 Å². The summed E-state index contributed by atoms with van der Waals surface area (Å²) in [4.78, 5) is 4.18. The predicted octanol–water partition coefficient (Wildman–Crippen LogP) is 8.09. The van der Waals surface area contributed by atoms with Crippen LogP contribution in [0.3, 0.4) is 0 Å². The Kier molecular flexibility index (Phi) is 5.14. The maximum Gasteiger partial charge on any atom is 0.0701 e. The summed E-state index contributed by atoms with van der Waals surface area (Å²) in [5.74, 6) is 0. The number of aryl methyl sites for hydroxylation is 2. The summed E-state index contributed by atoms with van der Waals surface area (Å²) >= 11 is 6.54. The zero-order chi connectivity index (χ0) is 20.5. The molecule has 3 aromatic carbocycles. The van der Waals surface area contributed by atoms with E-state index >= 15 is 0 Å². The SMILES string of the molecule is Cc1cc(Cl)c2c3c(ccc2c1)C1=C(CCC=C1)CC3.c1ccc2ncccc2c1. The van der Waals surface area contributed by atoms with Crippen LogP contribution in [0.1, 0.15) is 36.0 Å². The van der Waals surface area contributed by atoms with Gasteiger partial charge in [-0.25, -0.2) is 0 Å². The smallest absolute Gasteiger partial charge is 0.0701 e. The second kappa shape index (κ2) is 8.08. The summed E-state index contributed by atoms with van der Waals surface area (Å²) in [5.41, 5.74) is 8.22. The van der Waals surface area contributed by atoms with Gasteiger partial charge in [0, 0.05) is 22.0 Å². The Hall–Kier alpha value is -2.90. The highest BCUT2D eigenvalue weighted by Crippen LogP contribution is 2.41. The second-order valence-corrected chi connectivity index (χ2v) is 8.50. The maximum atomic E-state index is 6.54. The van der Waals surface area contributed by atoms with E-state index in [-0.39, 0.29) is 0 Å². The predicted molar refractivity (Wildman–Crippen MR) is 129 cm³/mol. The number of hydrogen-bond acceptors (Lipinski definition) is 1. The van der Waals surface area contributed by atoms with E-state index in [1.807, 2.05) is 30.5 Å². The lowest BCUT2D eigenvalue weighted by molar-refractivity contribution is 0.831. The van der Waals surface area contributed by atoms with Crippen molar-refractivity contribution in [2.45, 2.75) is 32.6 Å². The van der Waals surface area contributed by atoms with E-state index < -0.39 is 0 Å². The Bertz CT molecular complexity index is 1250. The first-order valence-corrected chi connectivity index (χ1v) is 11.0. The van der Waals surface area contributed by atoms with Gasteiger partial charge in [0.1, 0.15) is 0 Å². The summed E-state index contributed by atoms with van der Waals surface area (Å²) in [6.07, 6.45) is 11.2. The molecule has 0 spiro atoms. The van der Waals surface area contributed by atoms with Gasteiger partial charge in [-0.15, -0.1) is 0 Å². The van der Waals surface area contributed by atoms with Crippen LogP contribution in [-0.4, -0.2) is 4.98 Å². The fraction of sp³-hybridized carbons (Fsp3) is 0.179. The Morgan fingerprint density at radius 3 is 2.63 bits per heavy atom. The fourth-order valence-electron chi connectivity index (χ4n) is 4.68. The van der Waals surface area contributed by atoms with Crippen molar-refractivity contribution < 1.29 is 0 Å². The van der Waals surface area contributed by atoms with Crippen molar-refractivity contribution in [2.75, 3.05) is 0 Å². The number of hydrogen-bond donors (Lipinski definition) is 0. The third-order valence-corrected chi connectivity index (χ3v) is 6.38. The number of aromatic nitrogens is 1. The highest BCUT2D eigenvalue weighted by molar-refractivity contribution is 6.36. The fourth-order valence-corrected chi connectivity index (χ4v) is 5.08. The summed E-state index contributed by atoms with van der Waals surface area (Å²) < 4.78 is 0. The van der Waals surface area contributed by atoms with Crippen molar-refractivity contribution in [3.05, 3.63) is 106 Å². The van der Waals surface area contributed by atoms with Crippen molar-refractivity contribution >= 4 is 38.8 Å². The quantitative estimate of drug-likeness (QED) is 0.286. The molecule has 2 aliphatic rings. The molecular weight excluding hydrogens is 386 g/mol. The van der Waals surface area contributed by atoms with Gasteiger partial charge >= 0.3 is 0 Å². The lowest BCUT2D eigenvalue weighted by Crippen LogP contribution is -2.07. The van der Waals surface area contributed by atoms with Crippen molar-refractivity contribution in [2.24, 2.45) is 0 Å². The molecule has 30 heavy (non-hydrogen) atoms. The lowest BCUT2D eigenvalue weighted by atomic mass is 9.79. The van der Waals surface area contributed by atoms with Crippen LogP contribution >= 0.6 is 11.6 Å². The standard InChI is InChI=1S/C19H17Cl.C9H7N/c1-12-10-14-7-8-16-15-5-3-2-4-13(15)6-9-17(16)19(14)18(20)11-12;1-2-6-9-8(4-1)5-3-7-10-9/h3,5,7-8,10-11H,2,4,6,9H2,1H3;1-7H. The van der Waals surface area contributed by atoms with Crippen molar-refractivity contribution in [3.63, 3.8) is 0 Å². The van der Waals surface area contributed by atoms with Crippen molar-refractivity contribution in [3.8, 4) is 0 Å². The lowest BCUT2D eigenvalue weighted by Gasteiger charge is -2.25. The third kappa shape index (κ3) is 3.55. The minimum atomic E-state index is 0.903. The molecule has 0 bridgehead atoms. The molecule has 4 aromatic rings. The van der Waals surface area contributed by atoms with Crippen LogP contribution in [0.15, 0.2) is 84.6 Å². The van der Waals surface area contributed by atoms with Gasteiger partial charge in [0.05, 0.1) is 5.52 Å². The van der Waals surface area contributed by atoms with Crippen LogP contribution in [0.4, 0.5) is 0 Å². The number of halogens is 1. The van der Waals surface area contributed by atoms with E-state index in [0.717, 1.165) is 17.0 Å². The molecule has 0 N–H and O–H groups in total. The van der Waals surface area contributed by atoms with Crippen LogP contribution in [0.25, 0.3) is 27.2 Å². The average molecular weight is 410 g/mol. The van der Waals surface area contributed by atoms with Crippen LogP contribution in [0, 0.1) is 6.92 Å². The monoisotopic (exact) mass is 409 g/mol. The molecule has 1 aromatic heterocycles. The van der Waals surface area contributed by atoms with E-state index in [2.05, 4.69) is 60.5 Å². The van der Waals surface area contributed by atoms with E-state index in [0.29, 0.717) is 0 Å². The number of para-hydroxylation sites is 1. The first-order chi connectivity index (χ1) is 14.7. The molecule has 6 rings (SSSR count). The summed E-state index contributed by atoms with van der Waals surface area (Å²) in [6, 6.07) is 20.9. The normalized spacial score (nSPS) is 14.9. The minimum Gasteiger partial charge on any atom is -0.256 e. The number of pyridine rings is 1. The maximum absolute atomic E-state index is 6.54. The molecule has 0 aliphatic heterocycles. The molecule has 0 saturated heterocycles. The van der Waals surface area contributed by atoms with E-state index in [4.69, 9.17) is 11.6 Å². The van der Waals surface area contributed by atoms with Gasteiger partial charge in [-0.2, -0.15) is 0 Å². The highest BCUT2D eigenvalue weighted by atomic mass is 35.5. The number of benzene rings is 3. The molecule has 0 amide bonds. The topological polar surface area (TPSA) is 12.9 Å². The van der Waals surface area contributed by atoms with E-state index in [1.165, 1.54) is 57.7 Å². The first kappa shape index (κ1) is 19.1. The molecule has 148 valence electrons. The zero-order valence-corrected chi connectivity index (χ0v) is 17.9. The molecule has 0 fully saturated rings. The van der Waals surface area contributed by atoms with Crippen LogP contribution in [0.5, 0.6) is 0 Å². The molecule has 0 radical (unpaired) electrons. The van der Waals surface area contributed by atoms with Crippen LogP contribution < -0.4 is 0 Å². The largest absolute Gasteiger partial charge is 0.256 e. The van der Waals surface area contributed by atoms with E-state index in [9.17, 15) is 0 Å². The van der Waals surface area contributed by atoms with Gasteiger partial charge in [0.2, 0.25) is 0 Å². The Balaban J connectivity index is 0.000000161. The Labute approximate surface area is 182 Å². The van der Waals surface area contributed by atoms with Gasteiger partial charge in [0.25, 0.3) is 0 Å². The van der Waals surface area contributed by atoms with Gasteiger partial charge in [-0.05, 0) is 78.5 Å². The summed E-state index contributed by atoms with van der Waals surface area (Å²) in [5, 5.41) is 4.64. The molecule has 2 aliphatic carbocycles. The Morgan fingerprint density at radius 1 is 0.867 bits per heavy atom. The zero-order valence-electron chi connectivity index (χ0n) is 17.2. The minimum absolute atomic E-state index is 0.903. The highest BCUT2D eigenvalue weighted by Gasteiger charge is 2.21. The molecule has 0 unspecified atom stereocenters. The number of fused-ring (bicyclic) bond motifs is 5. The third-order valence-electron chi connectivity index (χ3n) is 6.08. The first-order valence-electron chi connectivity index (χ1n) is 10.6.